The number of carbonyl (C=O) groups excluding carboxylic acids is 6. The highest BCUT2D eigenvalue weighted by Gasteiger charge is 2.34. The minimum atomic E-state index is -0.815. The van der Waals surface area contributed by atoms with E-state index >= 15 is 0 Å². The molecule has 0 fully saturated rings. The van der Waals surface area contributed by atoms with Crippen molar-refractivity contribution in [1.82, 2.24) is 4.90 Å². The molecule has 0 aliphatic carbocycles. The number of anilines is 2. The molecule has 34 heavy (non-hydrogen) atoms. The molecular formula is C25H15N3O6. The van der Waals surface area contributed by atoms with Crippen molar-refractivity contribution in [3.8, 4) is 0 Å². The molecule has 5 rings (SSSR count). The van der Waals surface area contributed by atoms with Gasteiger partial charge >= 0.3 is 0 Å². The molecule has 0 spiro atoms. The Morgan fingerprint density at radius 3 is 1.03 bits per heavy atom. The number of benzene rings is 2. The van der Waals surface area contributed by atoms with Crippen molar-refractivity contribution in [1.29, 1.82) is 0 Å². The number of imide groups is 3. The summed E-state index contributed by atoms with van der Waals surface area (Å²) in [6.45, 7) is 0. The van der Waals surface area contributed by atoms with Gasteiger partial charge in [-0.1, -0.05) is 24.3 Å². The number of carbonyl (C=O) groups is 6. The average Bonchev–Trinajstić information content (AvgIpc) is 3.46. The Balaban J connectivity index is 1.51. The number of hydrogen-bond acceptors (Lipinski definition) is 6. The number of rotatable bonds is 5. The summed E-state index contributed by atoms with van der Waals surface area (Å²) in [6.07, 6.45) is 7.08. The van der Waals surface area contributed by atoms with Gasteiger partial charge in [0.05, 0.1) is 17.4 Å². The second-order valence-corrected chi connectivity index (χ2v) is 7.66. The first-order valence-electron chi connectivity index (χ1n) is 10.2. The van der Waals surface area contributed by atoms with Gasteiger partial charge in [0.1, 0.15) is 0 Å². The maximum atomic E-state index is 12.5. The molecule has 3 heterocycles. The van der Waals surface area contributed by atoms with E-state index in [-0.39, 0.29) is 0 Å². The van der Waals surface area contributed by atoms with Gasteiger partial charge in [-0.15, -0.1) is 0 Å². The fourth-order valence-electron chi connectivity index (χ4n) is 4.08. The van der Waals surface area contributed by atoms with E-state index in [1.54, 1.807) is 48.5 Å². The van der Waals surface area contributed by atoms with Crippen LogP contribution in [0.3, 0.4) is 0 Å². The van der Waals surface area contributed by atoms with E-state index in [0.29, 0.717) is 22.5 Å². The maximum Gasteiger partial charge on any atom is 0.258 e. The lowest BCUT2D eigenvalue weighted by Gasteiger charge is -2.28. The molecule has 0 unspecified atom stereocenters. The normalized spacial score (nSPS) is 17.5. The zero-order valence-electron chi connectivity index (χ0n) is 17.5. The third-order valence-corrected chi connectivity index (χ3v) is 5.65. The first kappa shape index (κ1) is 21.0. The molecule has 0 saturated heterocycles. The predicted octanol–water partition coefficient (Wildman–Crippen LogP) is 1.56. The predicted molar refractivity (Wildman–Crippen MR) is 119 cm³/mol. The highest BCUT2D eigenvalue weighted by Crippen LogP contribution is 2.34. The SMILES string of the molecule is O=C1C=CC(=O)N1c1ccc(C(c2ccc(N3C(=O)C=CC3=O)cc2)N2C(=O)C=CC2=O)cc1. The topological polar surface area (TPSA) is 112 Å². The zero-order valence-corrected chi connectivity index (χ0v) is 17.5. The van der Waals surface area contributed by atoms with E-state index in [1.807, 2.05) is 0 Å². The van der Waals surface area contributed by atoms with Gasteiger partial charge < -0.3 is 0 Å². The Kier molecular flexibility index (Phi) is 4.86. The second kappa shape index (κ2) is 7.89. The van der Waals surface area contributed by atoms with Crippen LogP contribution >= 0.6 is 0 Å². The summed E-state index contributed by atoms with van der Waals surface area (Å²) in [5.74, 6) is -2.82. The molecule has 2 aromatic carbocycles. The lowest BCUT2D eigenvalue weighted by Crippen LogP contribution is -2.35. The quantitative estimate of drug-likeness (QED) is 0.635. The Hall–Kier alpha value is -4.92. The molecule has 9 heteroatoms. The van der Waals surface area contributed by atoms with Gasteiger partial charge in [0, 0.05) is 36.5 Å². The molecule has 3 aliphatic rings. The third-order valence-electron chi connectivity index (χ3n) is 5.65. The van der Waals surface area contributed by atoms with Gasteiger partial charge in [0.15, 0.2) is 0 Å². The number of nitrogens with zero attached hydrogens (tertiary/aromatic N) is 3. The van der Waals surface area contributed by atoms with Crippen molar-refractivity contribution in [3.63, 3.8) is 0 Å². The summed E-state index contributed by atoms with van der Waals surface area (Å²) >= 11 is 0. The molecule has 0 saturated carbocycles. The first-order chi connectivity index (χ1) is 16.3. The van der Waals surface area contributed by atoms with Crippen LogP contribution in [0.4, 0.5) is 11.4 Å². The van der Waals surface area contributed by atoms with Crippen LogP contribution in [0.1, 0.15) is 17.2 Å². The van der Waals surface area contributed by atoms with E-state index in [2.05, 4.69) is 0 Å². The Morgan fingerprint density at radius 2 is 0.706 bits per heavy atom. The van der Waals surface area contributed by atoms with Gasteiger partial charge in [-0.05, 0) is 35.4 Å². The molecule has 9 nitrogen and oxygen atoms in total. The van der Waals surface area contributed by atoms with E-state index < -0.39 is 41.5 Å². The van der Waals surface area contributed by atoms with Crippen LogP contribution in [0, 0.1) is 0 Å². The van der Waals surface area contributed by atoms with Crippen LogP contribution in [0.15, 0.2) is 85.0 Å². The molecule has 0 N–H and O–H groups in total. The Labute approximate surface area is 192 Å². The minimum absolute atomic E-state index is 0.355. The van der Waals surface area contributed by atoms with E-state index in [4.69, 9.17) is 0 Å². The van der Waals surface area contributed by atoms with Crippen LogP contribution in [0.2, 0.25) is 0 Å². The molecule has 0 aromatic heterocycles. The van der Waals surface area contributed by atoms with E-state index in [9.17, 15) is 28.8 Å². The third kappa shape index (κ3) is 3.36. The van der Waals surface area contributed by atoms with Crippen molar-refractivity contribution in [2.24, 2.45) is 0 Å². The highest BCUT2D eigenvalue weighted by molar-refractivity contribution is 6.28. The monoisotopic (exact) mass is 453 g/mol. The van der Waals surface area contributed by atoms with Crippen molar-refractivity contribution < 1.29 is 28.8 Å². The molecule has 3 aliphatic heterocycles. The Bertz CT molecular complexity index is 1230. The average molecular weight is 453 g/mol. The molecule has 0 radical (unpaired) electrons. The Morgan fingerprint density at radius 1 is 0.412 bits per heavy atom. The lowest BCUT2D eigenvalue weighted by molar-refractivity contribution is -0.139. The molecule has 166 valence electrons. The summed E-state index contributed by atoms with van der Waals surface area (Å²) in [6, 6.07) is 11.9. The van der Waals surface area contributed by atoms with Crippen molar-refractivity contribution in [2.75, 3.05) is 9.80 Å². The fourth-order valence-corrected chi connectivity index (χ4v) is 4.08. The molecule has 2 aromatic rings. The summed E-state index contributed by atoms with van der Waals surface area (Å²) in [7, 11) is 0. The van der Waals surface area contributed by atoms with Gasteiger partial charge in [0.2, 0.25) is 0 Å². The first-order valence-corrected chi connectivity index (χ1v) is 10.2. The van der Waals surface area contributed by atoms with E-state index in [1.165, 1.54) is 36.5 Å². The van der Waals surface area contributed by atoms with Crippen LogP contribution < -0.4 is 9.80 Å². The highest BCUT2D eigenvalue weighted by atomic mass is 16.2. The van der Waals surface area contributed by atoms with Gasteiger partial charge in [-0.25, -0.2) is 9.80 Å². The van der Waals surface area contributed by atoms with Crippen molar-refractivity contribution in [3.05, 3.63) is 96.1 Å². The standard InChI is InChI=1S/C25H15N3O6/c29-19-9-10-20(30)26(19)17-5-1-15(2-6-17)25(28-23(33)13-14-24(28)34)16-3-7-18(8-4-16)27-21(31)11-12-22(27)32/h1-14,25H. The van der Waals surface area contributed by atoms with Crippen LogP contribution in [-0.4, -0.2) is 40.3 Å². The van der Waals surface area contributed by atoms with Crippen molar-refractivity contribution >= 4 is 46.8 Å². The summed E-state index contributed by atoms with van der Waals surface area (Å²) in [5.41, 5.74) is 1.83. The van der Waals surface area contributed by atoms with E-state index in [0.717, 1.165) is 14.7 Å². The fraction of sp³-hybridized carbons (Fsp3) is 0.0400. The van der Waals surface area contributed by atoms with Gasteiger partial charge in [-0.2, -0.15) is 0 Å². The summed E-state index contributed by atoms with van der Waals surface area (Å²) in [5, 5.41) is 0. The van der Waals surface area contributed by atoms with Gasteiger partial charge in [-0.3, -0.25) is 33.7 Å². The summed E-state index contributed by atoms with van der Waals surface area (Å²) in [4.78, 5) is 76.0. The number of amides is 6. The van der Waals surface area contributed by atoms with Crippen LogP contribution in [0.25, 0.3) is 0 Å². The number of hydrogen-bond donors (Lipinski definition) is 0. The smallest absolute Gasteiger partial charge is 0.258 e. The molecule has 6 amide bonds. The maximum absolute atomic E-state index is 12.5. The zero-order chi connectivity index (χ0) is 24.0. The minimum Gasteiger partial charge on any atom is -0.269 e. The largest absolute Gasteiger partial charge is 0.269 e. The summed E-state index contributed by atoms with van der Waals surface area (Å²) < 4.78 is 0. The molecule has 0 bridgehead atoms. The molecule has 0 atom stereocenters. The van der Waals surface area contributed by atoms with Crippen LogP contribution in [-0.2, 0) is 28.8 Å². The second-order valence-electron chi connectivity index (χ2n) is 7.66. The lowest BCUT2D eigenvalue weighted by atomic mass is 9.96. The van der Waals surface area contributed by atoms with Crippen molar-refractivity contribution in [2.45, 2.75) is 6.04 Å². The van der Waals surface area contributed by atoms with Gasteiger partial charge in [0.25, 0.3) is 35.4 Å². The van der Waals surface area contributed by atoms with Crippen LogP contribution in [0.5, 0.6) is 0 Å². The molecular weight excluding hydrogens is 438 g/mol.